The first-order valence-electron chi connectivity index (χ1n) is 6.78. The number of hydrogen-bond acceptors (Lipinski definition) is 5. The van der Waals surface area contributed by atoms with Gasteiger partial charge < -0.3 is 14.4 Å². The van der Waals surface area contributed by atoms with Gasteiger partial charge in [-0.15, -0.1) is 0 Å². The number of ether oxygens (including phenoxy) is 2. The Morgan fingerprint density at radius 3 is 1.82 bits per heavy atom. The third-order valence-corrected chi connectivity index (χ3v) is 2.74. The molecule has 0 aliphatic heterocycles. The fourth-order valence-electron chi connectivity index (χ4n) is 1.26. The van der Waals surface area contributed by atoms with Crippen LogP contribution in [0.15, 0.2) is 9.66 Å². The fourth-order valence-corrected chi connectivity index (χ4v) is 1.86. The number of halogens is 1. The molecule has 0 aliphatic rings. The molecule has 0 heterocycles. The minimum Gasteiger partial charge on any atom is -0.456 e. The minimum atomic E-state index is -0.704. The summed E-state index contributed by atoms with van der Waals surface area (Å²) in [5, 5.41) is 0. The van der Waals surface area contributed by atoms with Crippen LogP contribution in [0.3, 0.4) is 0 Å². The van der Waals surface area contributed by atoms with Gasteiger partial charge in [0.15, 0.2) is 5.78 Å². The molecule has 0 N–H and O–H groups in total. The van der Waals surface area contributed by atoms with E-state index in [0.29, 0.717) is 0 Å². The highest BCUT2D eigenvalue weighted by atomic mass is 127. The normalized spacial score (nSPS) is 12.6. The van der Waals surface area contributed by atoms with Crippen LogP contribution in [-0.4, -0.2) is 47.5 Å². The third kappa shape index (κ3) is 8.35. The van der Waals surface area contributed by atoms with Crippen molar-refractivity contribution in [1.29, 1.82) is 0 Å². The van der Waals surface area contributed by atoms with Crippen LogP contribution in [0.4, 0.5) is 4.79 Å². The predicted octanol–water partition coefficient (Wildman–Crippen LogP) is 3.08. The van der Waals surface area contributed by atoms with E-state index in [1.165, 1.54) is 11.1 Å². The van der Waals surface area contributed by atoms with Gasteiger partial charge in [-0.2, -0.15) is 0 Å². The van der Waals surface area contributed by atoms with Crippen molar-refractivity contribution in [2.24, 2.45) is 0 Å². The molecule has 22 heavy (non-hydrogen) atoms. The molecule has 0 fully saturated rings. The van der Waals surface area contributed by atoms with Crippen molar-refractivity contribution in [1.82, 2.24) is 4.90 Å². The van der Waals surface area contributed by atoms with Gasteiger partial charge in [-0.3, -0.25) is 4.79 Å². The molecular weight excluding hydrogens is 401 g/mol. The molecule has 0 aromatic carbocycles. The number of carbonyl (C=O) groups excluding carboxylic acids is 3. The Hall–Kier alpha value is -1.12. The highest BCUT2D eigenvalue weighted by Gasteiger charge is 2.27. The lowest BCUT2D eigenvalue weighted by atomic mass is 10.1. The van der Waals surface area contributed by atoms with E-state index in [9.17, 15) is 14.4 Å². The van der Waals surface area contributed by atoms with Crippen molar-refractivity contribution in [3.8, 4) is 0 Å². The van der Waals surface area contributed by atoms with Crippen molar-refractivity contribution >= 4 is 40.4 Å². The van der Waals surface area contributed by atoms with Crippen LogP contribution >= 0.6 is 22.6 Å². The number of hydrogen-bond donors (Lipinski definition) is 0. The number of amides is 1. The van der Waals surface area contributed by atoms with E-state index in [1.54, 1.807) is 64.1 Å². The van der Waals surface area contributed by atoms with Crippen molar-refractivity contribution in [2.45, 2.75) is 52.7 Å². The monoisotopic (exact) mass is 425 g/mol. The van der Waals surface area contributed by atoms with Crippen molar-refractivity contribution in [3.63, 3.8) is 0 Å². The van der Waals surface area contributed by atoms with E-state index < -0.39 is 29.0 Å². The first-order valence-corrected chi connectivity index (χ1v) is 8.02. The van der Waals surface area contributed by atoms with Crippen molar-refractivity contribution in [3.05, 3.63) is 9.66 Å². The molecule has 0 saturated heterocycles. The highest BCUT2D eigenvalue weighted by molar-refractivity contribution is 14.1. The molecule has 1 amide bonds. The summed E-state index contributed by atoms with van der Waals surface area (Å²) < 4.78 is 11.7. The van der Waals surface area contributed by atoms with Crippen LogP contribution in [0.2, 0.25) is 0 Å². The van der Waals surface area contributed by atoms with Gasteiger partial charge in [-0.05, 0) is 45.6 Å². The van der Waals surface area contributed by atoms with Crippen LogP contribution in [0.5, 0.6) is 0 Å². The Kier molecular flexibility index (Phi) is 7.53. The molecule has 0 atom stereocenters. The molecule has 7 heteroatoms. The maximum atomic E-state index is 12.2. The number of nitrogens with zero attached hydrogens (tertiary/aromatic N) is 1. The van der Waals surface area contributed by atoms with Crippen LogP contribution in [0.25, 0.3) is 0 Å². The molecule has 0 bridgehead atoms. The average Bonchev–Trinajstić information content (AvgIpc) is 2.24. The van der Waals surface area contributed by atoms with E-state index in [0.717, 1.165) is 4.90 Å². The summed E-state index contributed by atoms with van der Waals surface area (Å²) in [4.78, 5) is 37.1. The first kappa shape index (κ1) is 20.9. The van der Waals surface area contributed by atoms with Gasteiger partial charge in [0.05, 0.1) is 6.54 Å². The molecule has 0 saturated carbocycles. The van der Waals surface area contributed by atoms with Gasteiger partial charge in [-0.25, -0.2) is 9.59 Å². The second-order valence-electron chi connectivity index (χ2n) is 6.78. The highest BCUT2D eigenvalue weighted by Crippen LogP contribution is 2.14. The SMILES string of the molecule is CN(CC(=O)/C(=C/I)C(=O)OC(C)(C)C)C(=O)OC(C)(C)C. The minimum absolute atomic E-state index is 0.0917. The summed E-state index contributed by atoms with van der Waals surface area (Å²) in [7, 11) is 1.44. The Balaban J connectivity index is 4.82. The number of likely N-dealkylation sites (N-methyl/N-ethyl adjacent to an activating group) is 1. The largest absolute Gasteiger partial charge is 0.456 e. The number of ketones is 1. The van der Waals surface area contributed by atoms with Gasteiger partial charge in [0.1, 0.15) is 16.8 Å². The lowest BCUT2D eigenvalue weighted by Crippen LogP contribution is -2.38. The smallest absolute Gasteiger partial charge is 0.410 e. The van der Waals surface area contributed by atoms with E-state index in [-0.39, 0.29) is 12.1 Å². The van der Waals surface area contributed by atoms with Crippen LogP contribution < -0.4 is 0 Å². The maximum absolute atomic E-state index is 12.2. The summed E-state index contributed by atoms with van der Waals surface area (Å²) in [5.41, 5.74) is -1.44. The average molecular weight is 425 g/mol. The second kappa shape index (κ2) is 7.94. The van der Waals surface area contributed by atoms with E-state index in [1.807, 2.05) is 0 Å². The number of rotatable bonds is 4. The van der Waals surface area contributed by atoms with Crippen molar-refractivity contribution < 1.29 is 23.9 Å². The Labute approximate surface area is 145 Å². The van der Waals surface area contributed by atoms with Gasteiger partial charge in [0, 0.05) is 7.05 Å². The van der Waals surface area contributed by atoms with Crippen LogP contribution in [-0.2, 0) is 19.1 Å². The van der Waals surface area contributed by atoms with Crippen LogP contribution in [0, 0.1) is 0 Å². The predicted molar refractivity (Wildman–Crippen MR) is 91.8 cm³/mol. The summed E-state index contributed by atoms with van der Waals surface area (Å²) in [6, 6.07) is 0. The summed E-state index contributed by atoms with van der Waals surface area (Å²) in [6.45, 7) is 10.1. The molecule has 0 rings (SSSR count). The third-order valence-electron chi connectivity index (χ3n) is 2.11. The maximum Gasteiger partial charge on any atom is 0.410 e. The second-order valence-corrected chi connectivity index (χ2v) is 7.41. The number of Topliss-reactive ketones (excluding diaryl/α,β-unsaturated/α-hetero) is 1. The first-order chi connectivity index (χ1) is 9.76. The van der Waals surface area contributed by atoms with E-state index in [4.69, 9.17) is 9.47 Å². The summed E-state index contributed by atoms with van der Waals surface area (Å²) in [6.07, 6.45) is -0.627. The number of esters is 1. The number of carbonyl (C=O) groups is 3. The Morgan fingerprint density at radius 2 is 1.45 bits per heavy atom. The van der Waals surface area contributed by atoms with E-state index in [2.05, 4.69) is 0 Å². The van der Waals surface area contributed by atoms with Crippen LogP contribution in [0.1, 0.15) is 41.5 Å². The molecule has 0 aromatic rings. The molecule has 0 spiro atoms. The Bertz CT molecular complexity index is 471. The molecule has 6 nitrogen and oxygen atoms in total. The van der Waals surface area contributed by atoms with Gasteiger partial charge in [0.25, 0.3) is 0 Å². The zero-order chi connectivity index (χ0) is 17.7. The van der Waals surface area contributed by atoms with Gasteiger partial charge >= 0.3 is 12.1 Å². The lowest BCUT2D eigenvalue weighted by Gasteiger charge is -2.24. The molecule has 0 aromatic heterocycles. The summed E-state index contributed by atoms with van der Waals surface area (Å²) in [5.74, 6) is -1.21. The van der Waals surface area contributed by atoms with Crippen molar-refractivity contribution in [2.75, 3.05) is 13.6 Å². The lowest BCUT2D eigenvalue weighted by molar-refractivity contribution is -0.150. The fraction of sp³-hybridized carbons (Fsp3) is 0.667. The standard InChI is InChI=1S/C15H24INO5/c1-14(2,3)21-12(19)10(8-16)11(18)9-17(7)13(20)22-15(4,5)6/h8H,9H2,1-7H3/b10-8-. The quantitative estimate of drug-likeness (QED) is 0.228. The zero-order valence-electron chi connectivity index (χ0n) is 14.2. The van der Waals surface area contributed by atoms with E-state index >= 15 is 0 Å². The van der Waals surface area contributed by atoms with Gasteiger partial charge in [-0.1, -0.05) is 22.6 Å². The molecule has 0 radical (unpaired) electrons. The molecule has 0 unspecified atom stereocenters. The Morgan fingerprint density at radius 1 is 1.00 bits per heavy atom. The molecule has 126 valence electrons. The van der Waals surface area contributed by atoms with Gasteiger partial charge in [0.2, 0.25) is 0 Å². The summed E-state index contributed by atoms with van der Waals surface area (Å²) >= 11 is 1.80. The molecule has 0 aliphatic carbocycles. The molecular formula is C15H24INO5. The zero-order valence-corrected chi connectivity index (χ0v) is 16.3. The topological polar surface area (TPSA) is 72.9 Å².